The summed E-state index contributed by atoms with van der Waals surface area (Å²) >= 11 is 0. The third-order valence-corrected chi connectivity index (χ3v) is 3.33. The van der Waals surface area contributed by atoms with E-state index in [-0.39, 0.29) is 0 Å². The van der Waals surface area contributed by atoms with Crippen molar-refractivity contribution in [1.29, 1.82) is 0 Å². The van der Waals surface area contributed by atoms with Gasteiger partial charge in [0.05, 0.1) is 19.9 Å². The molecule has 9 heteroatoms. The molecule has 0 spiro atoms. The minimum atomic E-state index is -1.77. The smallest absolute Gasteiger partial charge is 0.254 e. The van der Waals surface area contributed by atoms with E-state index in [4.69, 9.17) is 9.47 Å². The van der Waals surface area contributed by atoms with Crippen molar-refractivity contribution in [3.63, 3.8) is 0 Å². The second-order valence-corrected chi connectivity index (χ2v) is 5.18. The Labute approximate surface area is 147 Å². The van der Waals surface area contributed by atoms with Gasteiger partial charge in [0.1, 0.15) is 5.69 Å². The molecule has 0 aliphatic rings. The van der Waals surface area contributed by atoms with Crippen LogP contribution >= 0.6 is 0 Å². The van der Waals surface area contributed by atoms with Gasteiger partial charge in [-0.2, -0.15) is 27.6 Å². The minimum absolute atomic E-state index is 0.448. The summed E-state index contributed by atoms with van der Waals surface area (Å²) in [4.78, 5) is 2.46. The van der Waals surface area contributed by atoms with Crippen molar-refractivity contribution in [2.75, 3.05) is 19.1 Å². The number of nitrogens with one attached hydrogen (secondary N) is 1. The van der Waals surface area contributed by atoms with Crippen molar-refractivity contribution in [3.05, 3.63) is 47.3 Å². The Kier molecular flexibility index (Phi) is 6.76. The molecule has 0 saturated heterocycles. The lowest BCUT2D eigenvalue weighted by molar-refractivity contribution is 0.288. The molecule has 2 aromatic rings. The highest BCUT2D eigenvalue weighted by Crippen LogP contribution is 2.28. The lowest BCUT2D eigenvalue weighted by Crippen LogP contribution is -2.06. The summed E-state index contributed by atoms with van der Waals surface area (Å²) < 4.78 is 63.8. The van der Waals surface area contributed by atoms with E-state index in [2.05, 4.69) is 10.1 Å². The number of methoxy groups -OCH3 is 1. The molecule has 1 heterocycles. The molecule has 0 fully saturated rings. The summed E-state index contributed by atoms with van der Waals surface area (Å²) in [5, 5.41) is 3.58. The van der Waals surface area contributed by atoms with E-state index in [9.17, 15) is 17.6 Å². The Morgan fingerprint density at radius 2 is 1.81 bits per heavy atom. The normalized spacial score (nSPS) is 11.0. The van der Waals surface area contributed by atoms with Gasteiger partial charge >= 0.3 is 0 Å². The fraction of sp³-hybridized carbons (Fsp3) is 0.294. The zero-order valence-corrected chi connectivity index (χ0v) is 14.2. The van der Waals surface area contributed by atoms with Gasteiger partial charge in [-0.3, -0.25) is 5.43 Å². The van der Waals surface area contributed by atoms with Crippen molar-refractivity contribution in [2.45, 2.75) is 19.8 Å². The van der Waals surface area contributed by atoms with Crippen LogP contribution in [0, 0.1) is 23.5 Å². The summed E-state index contributed by atoms with van der Waals surface area (Å²) in [7, 11) is 1.47. The molecule has 0 atom stereocenters. The van der Waals surface area contributed by atoms with E-state index in [0.717, 1.165) is 12.8 Å². The molecular formula is C17H17F4N3O2. The predicted molar refractivity (Wildman–Crippen MR) is 88.7 cm³/mol. The lowest BCUT2D eigenvalue weighted by Gasteiger charge is -2.10. The maximum atomic E-state index is 13.5. The zero-order valence-electron chi connectivity index (χ0n) is 14.2. The Morgan fingerprint density at radius 3 is 2.42 bits per heavy atom. The van der Waals surface area contributed by atoms with Gasteiger partial charge in [-0.25, -0.2) is 0 Å². The van der Waals surface area contributed by atoms with Crippen LogP contribution in [0.5, 0.6) is 11.5 Å². The van der Waals surface area contributed by atoms with E-state index < -0.39 is 29.2 Å². The third kappa shape index (κ3) is 4.62. The van der Waals surface area contributed by atoms with Crippen LogP contribution in [-0.2, 0) is 0 Å². The first-order chi connectivity index (χ1) is 12.5. The molecule has 0 radical (unpaired) electrons. The monoisotopic (exact) mass is 371 g/mol. The minimum Gasteiger partial charge on any atom is -0.493 e. The average Bonchev–Trinajstić information content (AvgIpc) is 2.64. The van der Waals surface area contributed by atoms with Crippen LogP contribution in [0.15, 0.2) is 23.3 Å². The van der Waals surface area contributed by atoms with Crippen LogP contribution in [-0.4, -0.2) is 24.9 Å². The molecule has 0 aliphatic heterocycles. The van der Waals surface area contributed by atoms with E-state index in [1.165, 1.54) is 13.3 Å². The second-order valence-electron chi connectivity index (χ2n) is 5.18. The Morgan fingerprint density at radius 1 is 1.12 bits per heavy atom. The molecule has 0 amide bonds. The number of pyridine rings is 1. The largest absolute Gasteiger partial charge is 0.493 e. The van der Waals surface area contributed by atoms with E-state index in [0.29, 0.717) is 23.7 Å². The zero-order chi connectivity index (χ0) is 19.1. The van der Waals surface area contributed by atoms with Crippen LogP contribution in [0.25, 0.3) is 0 Å². The summed E-state index contributed by atoms with van der Waals surface area (Å²) in [6.07, 6.45) is 3.09. The van der Waals surface area contributed by atoms with Crippen molar-refractivity contribution >= 4 is 11.9 Å². The molecule has 26 heavy (non-hydrogen) atoms. The third-order valence-electron chi connectivity index (χ3n) is 3.33. The number of hydrogen-bond acceptors (Lipinski definition) is 5. The number of hydrogen-bond donors (Lipinski definition) is 1. The predicted octanol–water partition coefficient (Wildman–Crippen LogP) is 4.27. The molecule has 1 aromatic carbocycles. The summed E-state index contributed by atoms with van der Waals surface area (Å²) in [5.74, 6) is -5.88. The van der Waals surface area contributed by atoms with Gasteiger partial charge in [0.25, 0.3) is 11.9 Å². The highest BCUT2D eigenvalue weighted by atomic mass is 19.2. The number of benzene rings is 1. The maximum absolute atomic E-state index is 13.5. The molecule has 1 aromatic heterocycles. The van der Waals surface area contributed by atoms with E-state index in [1.54, 1.807) is 18.2 Å². The fourth-order valence-corrected chi connectivity index (χ4v) is 1.97. The first kappa shape index (κ1) is 19.5. The number of unbranched alkanes of at least 4 members (excludes halogenated alkanes) is 1. The molecule has 1 N–H and O–H groups in total. The van der Waals surface area contributed by atoms with E-state index in [1.807, 2.05) is 12.3 Å². The molecule has 0 bridgehead atoms. The lowest BCUT2D eigenvalue weighted by atomic mass is 10.2. The van der Waals surface area contributed by atoms with Crippen molar-refractivity contribution in [2.24, 2.45) is 5.10 Å². The molecule has 0 unspecified atom stereocenters. The highest BCUT2D eigenvalue weighted by Gasteiger charge is 2.20. The van der Waals surface area contributed by atoms with Gasteiger partial charge in [0, 0.05) is 0 Å². The number of nitrogens with zero attached hydrogens (tertiary/aromatic N) is 2. The fourth-order valence-electron chi connectivity index (χ4n) is 1.97. The summed E-state index contributed by atoms with van der Waals surface area (Å²) in [5.41, 5.74) is 1.37. The maximum Gasteiger partial charge on any atom is 0.254 e. The SMILES string of the molecule is CCCCOc1ccc(/C=N\Nc2c(F)c(F)nc(F)c2F)cc1OC. The van der Waals surface area contributed by atoms with Gasteiger partial charge in [-0.1, -0.05) is 13.3 Å². The van der Waals surface area contributed by atoms with Crippen LogP contribution in [0.4, 0.5) is 23.2 Å². The first-order valence-electron chi connectivity index (χ1n) is 7.77. The van der Waals surface area contributed by atoms with Gasteiger partial charge in [-0.05, 0) is 30.2 Å². The topological polar surface area (TPSA) is 55.7 Å². The van der Waals surface area contributed by atoms with Crippen LogP contribution in [0.1, 0.15) is 25.3 Å². The molecule has 0 saturated carbocycles. The molecule has 2 rings (SSSR count). The van der Waals surface area contributed by atoms with Gasteiger partial charge < -0.3 is 9.47 Å². The first-order valence-corrected chi connectivity index (χ1v) is 7.77. The average molecular weight is 371 g/mol. The van der Waals surface area contributed by atoms with Crippen molar-refractivity contribution in [3.8, 4) is 11.5 Å². The Hall–Kier alpha value is -2.84. The van der Waals surface area contributed by atoms with Crippen molar-refractivity contribution in [1.82, 2.24) is 4.98 Å². The Bertz CT molecular complexity index is 774. The Balaban J connectivity index is 2.14. The molecule has 5 nitrogen and oxygen atoms in total. The number of aromatic nitrogens is 1. The second kappa shape index (κ2) is 9.02. The van der Waals surface area contributed by atoms with Crippen molar-refractivity contribution < 1.29 is 27.0 Å². The number of ether oxygens (including phenoxy) is 2. The van der Waals surface area contributed by atoms with Crippen LogP contribution in [0.3, 0.4) is 0 Å². The number of anilines is 1. The highest BCUT2D eigenvalue weighted by molar-refractivity contribution is 5.81. The van der Waals surface area contributed by atoms with Gasteiger partial charge in [0.2, 0.25) is 11.6 Å². The number of hydrazone groups is 1. The van der Waals surface area contributed by atoms with Gasteiger partial charge in [0.15, 0.2) is 11.5 Å². The van der Waals surface area contributed by atoms with Gasteiger partial charge in [-0.15, -0.1) is 0 Å². The summed E-state index contributed by atoms with van der Waals surface area (Å²) in [6, 6.07) is 4.88. The van der Waals surface area contributed by atoms with Crippen LogP contribution in [0.2, 0.25) is 0 Å². The molecular weight excluding hydrogens is 354 g/mol. The quantitative estimate of drug-likeness (QED) is 0.248. The molecule has 140 valence electrons. The van der Waals surface area contributed by atoms with Crippen LogP contribution < -0.4 is 14.9 Å². The van der Waals surface area contributed by atoms with E-state index >= 15 is 0 Å². The molecule has 0 aliphatic carbocycles. The standard InChI is InChI=1S/C17H17F4N3O2/c1-3-4-7-26-11-6-5-10(8-12(11)25-2)9-22-24-15-13(18)16(20)23-17(21)14(15)19/h5-6,8-9H,3-4,7H2,1-2H3,(H,23,24)/b22-9-. The number of rotatable bonds is 8. The summed E-state index contributed by atoms with van der Waals surface area (Å²) in [6.45, 7) is 2.58. The number of halogens is 4.